The van der Waals surface area contributed by atoms with Gasteiger partial charge in [-0.3, -0.25) is 0 Å². The molecule has 0 saturated heterocycles. The molecule has 0 saturated carbocycles. The summed E-state index contributed by atoms with van der Waals surface area (Å²) in [7, 11) is 0. The van der Waals surface area contributed by atoms with Gasteiger partial charge in [0.05, 0.1) is 0 Å². The first-order valence-electron chi connectivity index (χ1n) is 2.94. The summed E-state index contributed by atoms with van der Waals surface area (Å²) >= 11 is 1.65. The first kappa shape index (κ1) is 8.57. The molecule has 0 atom stereocenters. The molecule has 0 radical (unpaired) electrons. The van der Waals surface area contributed by atoms with Gasteiger partial charge in [0.15, 0.2) is 0 Å². The van der Waals surface area contributed by atoms with Gasteiger partial charge in [-0.25, -0.2) is 0 Å². The van der Waals surface area contributed by atoms with Gasteiger partial charge in [-0.15, -0.1) is 11.8 Å². The molecule has 0 unspecified atom stereocenters. The third-order valence-corrected chi connectivity index (χ3v) is 1.78. The number of hydrogen-bond acceptors (Lipinski definition) is 1. The van der Waals surface area contributed by atoms with Crippen LogP contribution in [0.15, 0.2) is 35.6 Å². The molecule has 0 aliphatic heterocycles. The molecule has 0 heterocycles. The SMILES string of the molecule is C=C/C=C(/CC)SC=C. The van der Waals surface area contributed by atoms with Crippen LogP contribution in [-0.4, -0.2) is 0 Å². The maximum atomic E-state index is 3.62. The van der Waals surface area contributed by atoms with Crippen LogP contribution in [0.2, 0.25) is 0 Å². The Labute approximate surface area is 61.3 Å². The van der Waals surface area contributed by atoms with Crippen molar-refractivity contribution in [2.45, 2.75) is 13.3 Å². The van der Waals surface area contributed by atoms with Crippen molar-refractivity contribution in [3.05, 3.63) is 35.6 Å². The first-order chi connectivity index (χ1) is 4.35. The molecule has 0 aromatic rings. The lowest BCUT2D eigenvalue weighted by molar-refractivity contribution is 1.20. The minimum atomic E-state index is 1.06. The Kier molecular flexibility index (Phi) is 5.43. The molecule has 0 aromatic carbocycles. The van der Waals surface area contributed by atoms with E-state index in [1.807, 2.05) is 11.5 Å². The van der Waals surface area contributed by atoms with Crippen LogP contribution in [0.4, 0.5) is 0 Å². The van der Waals surface area contributed by atoms with E-state index in [1.165, 1.54) is 4.91 Å². The van der Waals surface area contributed by atoms with Gasteiger partial charge in [-0.2, -0.15) is 0 Å². The van der Waals surface area contributed by atoms with Gasteiger partial charge in [-0.05, 0) is 16.7 Å². The Morgan fingerprint density at radius 1 is 1.56 bits per heavy atom. The summed E-state index contributed by atoms with van der Waals surface area (Å²) in [6.07, 6.45) is 4.87. The molecule has 0 amide bonds. The highest BCUT2D eigenvalue weighted by molar-refractivity contribution is 8.05. The van der Waals surface area contributed by atoms with E-state index in [2.05, 4.69) is 20.1 Å². The maximum absolute atomic E-state index is 3.62. The monoisotopic (exact) mass is 140 g/mol. The van der Waals surface area contributed by atoms with Crippen LogP contribution in [0.1, 0.15) is 13.3 Å². The van der Waals surface area contributed by atoms with Crippen molar-refractivity contribution in [3.63, 3.8) is 0 Å². The fourth-order valence-electron chi connectivity index (χ4n) is 0.479. The second kappa shape index (κ2) is 5.70. The zero-order valence-electron chi connectivity index (χ0n) is 5.76. The first-order valence-corrected chi connectivity index (χ1v) is 3.82. The minimum Gasteiger partial charge on any atom is -0.103 e. The quantitative estimate of drug-likeness (QED) is 0.540. The largest absolute Gasteiger partial charge is 0.103 e. The number of thioether (sulfide) groups is 1. The third kappa shape index (κ3) is 4.10. The van der Waals surface area contributed by atoms with E-state index in [4.69, 9.17) is 0 Å². The highest BCUT2D eigenvalue weighted by Crippen LogP contribution is 2.18. The van der Waals surface area contributed by atoms with E-state index >= 15 is 0 Å². The van der Waals surface area contributed by atoms with Crippen molar-refractivity contribution in [3.8, 4) is 0 Å². The Hall–Kier alpha value is -0.430. The molecule has 0 aliphatic rings. The van der Waals surface area contributed by atoms with E-state index in [0.717, 1.165) is 6.42 Å². The molecule has 0 aromatic heterocycles. The van der Waals surface area contributed by atoms with Gasteiger partial charge in [0, 0.05) is 0 Å². The standard InChI is InChI=1S/C8H12S/c1-4-7-8(5-2)9-6-3/h4,6-7H,1,3,5H2,2H3/b8-7-. The highest BCUT2D eigenvalue weighted by Gasteiger charge is 1.86. The van der Waals surface area contributed by atoms with Crippen LogP contribution >= 0.6 is 11.8 Å². The van der Waals surface area contributed by atoms with Gasteiger partial charge in [0.1, 0.15) is 0 Å². The lowest BCUT2D eigenvalue weighted by atomic mass is 10.4. The zero-order valence-corrected chi connectivity index (χ0v) is 6.58. The number of allylic oxidation sites excluding steroid dienone is 3. The van der Waals surface area contributed by atoms with E-state index in [9.17, 15) is 0 Å². The van der Waals surface area contributed by atoms with Gasteiger partial charge in [-0.1, -0.05) is 32.2 Å². The molecule has 1 heteroatoms. The third-order valence-electron chi connectivity index (χ3n) is 0.887. The minimum absolute atomic E-state index is 1.06. The topological polar surface area (TPSA) is 0 Å². The molecule has 0 nitrogen and oxygen atoms in total. The van der Waals surface area contributed by atoms with Crippen molar-refractivity contribution in [2.75, 3.05) is 0 Å². The summed E-state index contributed by atoms with van der Waals surface area (Å²) in [4.78, 5) is 1.31. The fraction of sp³-hybridized carbons (Fsp3) is 0.250. The second-order valence-corrected chi connectivity index (χ2v) is 2.60. The van der Waals surface area contributed by atoms with Crippen LogP contribution in [-0.2, 0) is 0 Å². The van der Waals surface area contributed by atoms with E-state index in [0.29, 0.717) is 0 Å². The van der Waals surface area contributed by atoms with Gasteiger partial charge < -0.3 is 0 Å². The molecule has 0 rings (SSSR count). The van der Waals surface area contributed by atoms with Crippen molar-refractivity contribution >= 4 is 11.8 Å². The summed E-state index contributed by atoms with van der Waals surface area (Å²) in [5.41, 5.74) is 0. The second-order valence-electron chi connectivity index (χ2n) is 1.51. The Balaban J connectivity index is 3.79. The van der Waals surface area contributed by atoms with Crippen LogP contribution in [0.25, 0.3) is 0 Å². The molecule has 50 valence electrons. The van der Waals surface area contributed by atoms with E-state index in [1.54, 1.807) is 17.8 Å². The lowest BCUT2D eigenvalue weighted by Crippen LogP contribution is -1.66. The molecule has 0 bridgehead atoms. The van der Waals surface area contributed by atoms with Gasteiger partial charge >= 0.3 is 0 Å². The molecule has 0 aliphatic carbocycles. The summed E-state index contributed by atoms with van der Waals surface area (Å²) < 4.78 is 0. The van der Waals surface area contributed by atoms with Crippen molar-refractivity contribution < 1.29 is 0 Å². The summed E-state index contributed by atoms with van der Waals surface area (Å²) in [6, 6.07) is 0. The fourth-order valence-corrected chi connectivity index (χ4v) is 1.03. The summed E-state index contributed by atoms with van der Waals surface area (Å²) in [5.74, 6) is 0. The molecule has 9 heavy (non-hydrogen) atoms. The summed E-state index contributed by atoms with van der Waals surface area (Å²) in [6.45, 7) is 9.34. The molecule has 0 fully saturated rings. The predicted octanol–water partition coefficient (Wildman–Crippen LogP) is 3.34. The Morgan fingerprint density at radius 2 is 2.22 bits per heavy atom. The van der Waals surface area contributed by atoms with Crippen LogP contribution in [0.5, 0.6) is 0 Å². The molecular weight excluding hydrogens is 128 g/mol. The van der Waals surface area contributed by atoms with Crippen molar-refractivity contribution in [1.29, 1.82) is 0 Å². The predicted molar refractivity (Wildman–Crippen MR) is 46.4 cm³/mol. The lowest BCUT2D eigenvalue weighted by Gasteiger charge is -1.94. The average molecular weight is 140 g/mol. The van der Waals surface area contributed by atoms with Gasteiger partial charge in [0.25, 0.3) is 0 Å². The highest BCUT2D eigenvalue weighted by atomic mass is 32.2. The average Bonchev–Trinajstić information content (AvgIpc) is 1.88. The normalized spacial score (nSPS) is 11.0. The number of rotatable bonds is 4. The van der Waals surface area contributed by atoms with Crippen LogP contribution < -0.4 is 0 Å². The molecule has 0 N–H and O–H groups in total. The zero-order chi connectivity index (χ0) is 7.11. The molecular formula is C8H12S. The smallest absolute Gasteiger partial charge is 0.0112 e. The van der Waals surface area contributed by atoms with Crippen LogP contribution in [0, 0.1) is 0 Å². The van der Waals surface area contributed by atoms with E-state index in [-0.39, 0.29) is 0 Å². The molecule has 0 spiro atoms. The van der Waals surface area contributed by atoms with Crippen molar-refractivity contribution in [2.24, 2.45) is 0 Å². The van der Waals surface area contributed by atoms with Gasteiger partial charge in [0.2, 0.25) is 0 Å². The number of hydrogen-bond donors (Lipinski definition) is 0. The van der Waals surface area contributed by atoms with Crippen LogP contribution in [0.3, 0.4) is 0 Å². The van der Waals surface area contributed by atoms with E-state index < -0.39 is 0 Å². The summed E-state index contributed by atoms with van der Waals surface area (Å²) in [5, 5.41) is 1.83. The Bertz CT molecular complexity index is 123. The Morgan fingerprint density at radius 3 is 2.56 bits per heavy atom. The van der Waals surface area contributed by atoms with Crippen molar-refractivity contribution in [1.82, 2.24) is 0 Å². The maximum Gasteiger partial charge on any atom is -0.0112 e.